The van der Waals surface area contributed by atoms with Gasteiger partial charge in [0.2, 0.25) is 0 Å². The van der Waals surface area contributed by atoms with Crippen LogP contribution >= 0.6 is 0 Å². The number of benzene rings is 1. The van der Waals surface area contributed by atoms with E-state index in [1.165, 1.54) is 30.6 Å². The first kappa shape index (κ1) is 18.0. The summed E-state index contributed by atoms with van der Waals surface area (Å²) in [6.45, 7) is 6.48. The summed E-state index contributed by atoms with van der Waals surface area (Å²) in [5.74, 6) is 0.601. The van der Waals surface area contributed by atoms with Gasteiger partial charge in [0.25, 0.3) is 0 Å². The van der Waals surface area contributed by atoms with Crippen molar-refractivity contribution in [1.82, 2.24) is 14.7 Å². The average molecular weight is 368 g/mol. The van der Waals surface area contributed by atoms with Crippen molar-refractivity contribution in [3.63, 3.8) is 0 Å². The molecule has 144 valence electrons. The van der Waals surface area contributed by atoms with Crippen LogP contribution in [-0.4, -0.2) is 51.9 Å². The zero-order valence-electron chi connectivity index (χ0n) is 15.9. The zero-order chi connectivity index (χ0) is 18.8. The van der Waals surface area contributed by atoms with Crippen molar-refractivity contribution in [3.05, 3.63) is 41.1 Å². The van der Waals surface area contributed by atoms with Crippen molar-refractivity contribution in [1.29, 1.82) is 0 Å². The Labute approximate surface area is 160 Å². The second-order valence-corrected chi connectivity index (χ2v) is 7.60. The minimum Gasteiger partial charge on any atom is -0.478 e. The number of likely N-dealkylation sites (N-methyl/N-ethyl adjacent to an activating group) is 1. The van der Waals surface area contributed by atoms with Crippen LogP contribution in [0, 0.1) is 0 Å². The second kappa shape index (κ2) is 7.72. The van der Waals surface area contributed by atoms with Gasteiger partial charge in [-0.25, -0.2) is 9.48 Å². The lowest BCUT2D eigenvalue weighted by atomic mass is 9.91. The van der Waals surface area contributed by atoms with Gasteiger partial charge < -0.3 is 15.3 Å². The van der Waals surface area contributed by atoms with Gasteiger partial charge in [0, 0.05) is 24.6 Å². The molecule has 2 N–H and O–H groups in total. The van der Waals surface area contributed by atoms with Gasteiger partial charge in [-0.3, -0.25) is 0 Å². The summed E-state index contributed by atoms with van der Waals surface area (Å²) in [6, 6.07) is 7.08. The highest BCUT2D eigenvalue weighted by Crippen LogP contribution is 2.35. The third-order valence-electron chi connectivity index (χ3n) is 5.84. The number of carboxylic acid groups (broad SMARTS) is 1. The normalized spacial score (nSPS) is 20.6. The topological polar surface area (TPSA) is 70.4 Å². The lowest BCUT2D eigenvalue weighted by Crippen LogP contribution is -2.34. The van der Waals surface area contributed by atoms with Crippen LogP contribution in [0.1, 0.15) is 60.1 Å². The molecule has 3 heterocycles. The van der Waals surface area contributed by atoms with Gasteiger partial charge in [-0.2, -0.15) is 5.10 Å². The van der Waals surface area contributed by atoms with Crippen LogP contribution < -0.4 is 5.32 Å². The lowest BCUT2D eigenvalue weighted by Gasteiger charge is -2.31. The molecule has 1 aromatic carbocycles. The number of nitrogens with zero attached hydrogens (tertiary/aromatic N) is 3. The smallest absolute Gasteiger partial charge is 0.335 e. The van der Waals surface area contributed by atoms with Gasteiger partial charge in [-0.05, 0) is 63.4 Å². The molecule has 1 unspecified atom stereocenters. The molecule has 0 bridgehead atoms. The maximum Gasteiger partial charge on any atom is 0.335 e. The first-order chi connectivity index (χ1) is 13.2. The number of hydrogen-bond donors (Lipinski definition) is 2. The fourth-order valence-electron chi connectivity index (χ4n) is 4.38. The van der Waals surface area contributed by atoms with E-state index in [0.29, 0.717) is 11.5 Å². The standard InChI is InChI=1S/C21H28N4O2/c1-2-24-12-6-8-16(14-24)19-18-10-3-4-11-22-20(18)25(23-19)17-9-5-7-15(13-17)21(26)27/h5,7,9,13,16,22H,2-4,6,8,10-12,14H2,1H3,(H,26,27). The van der Waals surface area contributed by atoms with Crippen molar-refractivity contribution in [2.45, 2.75) is 44.9 Å². The van der Waals surface area contributed by atoms with Gasteiger partial charge in [-0.15, -0.1) is 0 Å². The van der Waals surface area contributed by atoms with Crippen molar-refractivity contribution in [2.75, 3.05) is 31.5 Å². The summed E-state index contributed by atoms with van der Waals surface area (Å²) in [6.07, 6.45) is 5.74. The molecular weight excluding hydrogens is 340 g/mol. The Hall–Kier alpha value is -2.34. The highest BCUT2D eigenvalue weighted by Gasteiger charge is 2.29. The van der Waals surface area contributed by atoms with Crippen molar-refractivity contribution < 1.29 is 9.90 Å². The van der Waals surface area contributed by atoms with Gasteiger partial charge in [0.05, 0.1) is 16.9 Å². The maximum atomic E-state index is 11.4. The SMILES string of the molecule is CCN1CCCC(c2nn(-c3cccc(C(=O)O)c3)c3c2CCCCN3)C1. The molecule has 1 fully saturated rings. The van der Waals surface area contributed by atoms with E-state index in [-0.39, 0.29) is 0 Å². The summed E-state index contributed by atoms with van der Waals surface area (Å²) in [7, 11) is 0. The number of rotatable bonds is 4. The molecule has 1 aromatic heterocycles. The molecule has 0 spiro atoms. The molecule has 4 rings (SSSR count). The molecule has 2 aromatic rings. The molecule has 27 heavy (non-hydrogen) atoms. The number of aromatic nitrogens is 2. The molecule has 0 saturated carbocycles. The fourth-order valence-corrected chi connectivity index (χ4v) is 4.38. The number of hydrogen-bond acceptors (Lipinski definition) is 4. The van der Waals surface area contributed by atoms with Gasteiger partial charge in [0.15, 0.2) is 0 Å². The predicted molar refractivity (Wildman–Crippen MR) is 106 cm³/mol. The lowest BCUT2D eigenvalue weighted by molar-refractivity contribution is 0.0697. The number of nitrogens with one attached hydrogen (secondary N) is 1. The summed E-state index contributed by atoms with van der Waals surface area (Å²) >= 11 is 0. The number of carboxylic acids is 1. The number of carbonyl (C=O) groups is 1. The Balaban J connectivity index is 1.77. The largest absolute Gasteiger partial charge is 0.478 e. The third-order valence-corrected chi connectivity index (χ3v) is 5.84. The van der Waals surface area contributed by atoms with Crippen molar-refractivity contribution >= 4 is 11.8 Å². The molecular formula is C21H28N4O2. The number of fused-ring (bicyclic) bond motifs is 1. The Morgan fingerprint density at radius 2 is 2.22 bits per heavy atom. The first-order valence-electron chi connectivity index (χ1n) is 10.1. The van der Waals surface area contributed by atoms with Crippen LogP contribution in [-0.2, 0) is 6.42 Å². The molecule has 2 aliphatic rings. The Morgan fingerprint density at radius 3 is 3.04 bits per heavy atom. The average Bonchev–Trinajstić information content (AvgIpc) is 2.89. The molecule has 6 heteroatoms. The Morgan fingerprint density at radius 1 is 1.33 bits per heavy atom. The minimum absolute atomic E-state index is 0.293. The van der Waals surface area contributed by atoms with E-state index in [2.05, 4.69) is 17.1 Å². The van der Waals surface area contributed by atoms with Gasteiger partial charge in [0.1, 0.15) is 5.82 Å². The molecule has 0 aliphatic carbocycles. The van der Waals surface area contributed by atoms with Crippen LogP contribution in [0.15, 0.2) is 24.3 Å². The molecule has 0 amide bonds. The number of likely N-dealkylation sites (tertiary alicyclic amines) is 1. The predicted octanol–water partition coefficient (Wildman–Crippen LogP) is 3.52. The summed E-state index contributed by atoms with van der Waals surface area (Å²) < 4.78 is 1.94. The van der Waals surface area contributed by atoms with Crippen molar-refractivity contribution in [2.24, 2.45) is 0 Å². The molecule has 1 atom stereocenters. The molecule has 2 aliphatic heterocycles. The highest BCUT2D eigenvalue weighted by molar-refractivity contribution is 5.88. The third kappa shape index (κ3) is 3.58. The van der Waals surface area contributed by atoms with Crippen molar-refractivity contribution in [3.8, 4) is 5.69 Å². The van der Waals surface area contributed by atoms with E-state index < -0.39 is 5.97 Å². The number of aromatic carboxylic acids is 1. The highest BCUT2D eigenvalue weighted by atomic mass is 16.4. The van der Waals surface area contributed by atoms with Crippen LogP contribution in [0.3, 0.4) is 0 Å². The van der Waals surface area contributed by atoms with Crippen LogP contribution in [0.5, 0.6) is 0 Å². The van der Waals surface area contributed by atoms with E-state index in [9.17, 15) is 9.90 Å². The Kier molecular flexibility index (Phi) is 5.16. The van der Waals surface area contributed by atoms with E-state index in [0.717, 1.165) is 50.4 Å². The van der Waals surface area contributed by atoms with E-state index in [1.54, 1.807) is 18.2 Å². The fraction of sp³-hybridized carbons (Fsp3) is 0.524. The van der Waals surface area contributed by atoms with Crippen LogP contribution in [0.2, 0.25) is 0 Å². The molecule has 6 nitrogen and oxygen atoms in total. The molecule has 0 radical (unpaired) electrons. The van der Waals surface area contributed by atoms with Crippen LogP contribution in [0.25, 0.3) is 5.69 Å². The quantitative estimate of drug-likeness (QED) is 0.864. The summed E-state index contributed by atoms with van der Waals surface area (Å²) in [5, 5.41) is 18.0. The maximum absolute atomic E-state index is 11.4. The van der Waals surface area contributed by atoms with Gasteiger partial charge in [-0.1, -0.05) is 13.0 Å². The number of piperidine rings is 1. The monoisotopic (exact) mass is 368 g/mol. The van der Waals surface area contributed by atoms with E-state index in [1.807, 2.05) is 10.7 Å². The number of anilines is 1. The molecule has 1 saturated heterocycles. The van der Waals surface area contributed by atoms with E-state index in [4.69, 9.17) is 5.10 Å². The summed E-state index contributed by atoms with van der Waals surface area (Å²) in [4.78, 5) is 13.9. The second-order valence-electron chi connectivity index (χ2n) is 7.60. The summed E-state index contributed by atoms with van der Waals surface area (Å²) in [5.41, 5.74) is 3.64. The van der Waals surface area contributed by atoms with E-state index >= 15 is 0 Å². The zero-order valence-corrected chi connectivity index (χ0v) is 15.9. The minimum atomic E-state index is -0.908. The first-order valence-corrected chi connectivity index (χ1v) is 10.1. The Bertz CT molecular complexity index is 830. The van der Waals surface area contributed by atoms with Gasteiger partial charge >= 0.3 is 5.97 Å². The van der Waals surface area contributed by atoms with Crippen LogP contribution in [0.4, 0.5) is 5.82 Å².